The molecule has 15 heavy (non-hydrogen) atoms. The van der Waals surface area contributed by atoms with E-state index in [9.17, 15) is 4.79 Å². The zero-order valence-electron chi connectivity index (χ0n) is 9.28. The molecule has 0 aromatic heterocycles. The smallest absolute Gasteiger partial charge is 0.341 e. The molecule has 0 aliphatic heterocycles. The van der Waals surface area contributed by atoms with Crippen molar-refractivity contribution in [2.45, 2.75) is 26.7 Å². The van der Waals surface area contributed by atoms with Gasteiger partial charge in [0.15, 0.2) is 6.61 Å². The number of hydrogen-bond donors (Lipinski definition) is 1. The highest BCUT2D eigenvalue weighted by Crippen LogP contribution is 2.27. The van der Waals surface area contributed by atoms with Gasteiger partial charge < -0.3 is 9.84 Å². The zero-order valence-corrected chi connectivity index (χ0v) is 9.28. The van der Waals surface area contributed by atoms with Crippen LogP contribution in [-0.2, 0) is 4.79 Å². The van der Waals surface area contributed by atoms with Gasteiger partial charge in [0, 0.05) is 0 Å². The van der Waals surface area contributed by atoms with Gasteiger partial charge in [-0.1, -0.05) is 31.5 Å². The summed E-state index contributed by atoms with van der Waals surface area (Å²) in [6, 6.07) is 5.78. The molecular weight excluding hydrogens is 192 g/mol. The average molecular weight is 208 g/mol. The molecule has 0 atom stereocenters. The lowest BCUT2D eigenvalue weighted by molar-refractivity contribution is -0.139. The Balaban J connectivity index is 2.90. The predicted molar refractivity (Wildman–Crippen MR) is 58.4 cm³/mol. The summed E-state index contributed by atoms with van der Waals surface area (Å²) in [5.74, 6) is 0.0389. The van der Waals surface area contributed by atoms with Crippen molar-refractivity contribution in [3.8, 4) is 5.75 Å². The highest BCUT2D eigenvalue weighted by molar-refractivity contribution is 5.68. The summed E-state index contributed by atoms with van der Waals surface area (Å²) in [5, 5.41) is 8.53. The first-order valence-corrected chi connectivity index (χ1v) is 4.96. The van der Waals surface area contributed by atoms with Crippen LogP contribution in [0.5, 0.6) is 5.75 Å². The number of ether oxygens (including phenoxy) is 1. The van der Waals surface area contributed by atoms with E-state index in [2.05, 4.69) is 13.8 Å². The van der Waals surface area contributed by atoms with Gasteiger partial charge >= 0.3 is 5.97 Å². The van der Waals surface area contributed by atoms with E-state index in [0.29, 0.717) is 11.7 Å². The largest absolute Gasteiger partial charge is 0.482 e. The first-order chi connectivity index (χ1) is 7.00. The van der Waals surface area contributed by atoms with Crippen molar-refractivity contribution in [1.82, 2.24) is 0 Å². The molecule has 0 spiro atoms. The van der Waals surface area contributed by atoms with E-state index < -0.39 is 5.97 Å². The topological polar surface area (TPSA) is 46.5 Å². The Labute approximate surface area is 89.7 Å². The Hall–Kier alpha value is -1.51. The molecule has 0 unspecified atom stereocenters. The van der Waals surface area contributed by atoms with Crippen molar-refractivity contribution in [3.05, 3.63) is 29.3 Å². The van der Waals surface area contributed by atoms with Crippen molar-refractivity contribution in [3.63, 3.8) is 0 Å². The minimum atomic E-state index is -0.953. The maximum Gasteiger partial charge on any atom is 0.341 e. The second-order valence-electron chi connectivity index (χ2n) is 3.88. The van der Waals surface area contributed by atoms with E-state index in [1.54, 1.807) is 0 Å². The number of carboxylic acid groups (broad SMARTS) is 1. The molecule has 0 fully saturated rings. The van der Waals surface area contributed by atoms with Crippen molar-refractivity contribution in [2.24, 2.45) is 0 Å². The molecule has 0 saturated carbocycles. The summed E-state index contributed by atoms with van der Waals surface area (Å²) in [6.07, 6.45) is 0. The van der Waals surface area contributed by atoms with Gasteiger partial charge in [0.25, 0.3) is 0 Å². The Bertz CT molecular complexity index is 356. The maximum absolute atomic E-state index is 10.4. The number of aryl methyl sites for hydroxylation is 1. The monoisotopic (exact) mass is 208 g/mol. The number of carbonyl (C=O) groups is 1. The van der Waals surface area contributed by atoms with Crippen molar-refractivity contribution >= 4 is 5.97 Å². The molecule has 3 nitrogen and oxygen atoms in total. The number of carboxylic acids is 1. The third kappa shape index (κ3) is 3.27. The van der Waals surface area contributed by atoms with Crippen LogP contribution in [0.2, 0.25) is 0 Å². The van der Waals surface area contributed by atoms with Gasteiger partial charge in [-0.2, -0.15) is 0 Å². The average Bonchev–Trinajstić information content (AvgIpc) is 2.15. The maximum atomic E-state index is 10.4. The van der Waals surface area contributed by atoms with Gasteiger partial charge in [-0.15, -0.1) is 0 Å². The van der Waals surface area contributed by atoms with Crippen LogP contribution >= 0.6 is 0 Å². The summed E-state index contributed by atoms with van der Waals surface area (Å²) >= 11 is 0. The predicted octanol–water partition coefficient (Wildman–Crippen LogP) is 2.58. The van der Waals surface area contributed by atoms with Crippen molar-refractivity contribution in [2.75, 3.05) is 6.61 Å². The van der Waals surface area contributed by atoms with Crippen LogP contribution in [0.25, 0.3) is 0 Å². The highest BCUT2D eigenvalue weighted by atomic mass is 16.5. The van der Waals surface area contributed by atoms with E-state index in [1.165, 1.54) is 0 Å². The molecule has 0 bridgehead atoms. The molecule has 82 valence electrons. The van der Waals surface area contributed by atoms with Crippen LogP contribution in [-0.4, -0.2) is 17.7 Å². The summed E-state index contributed by atoms with van der Waals surface area (Å²) < 4.78 is 5.22. The van der Waals surface area contributed by atoms with Crippen molar-refractivity contribution in [1.29, 1.82) is 0 Å². The fraction of sp³-hybridized carbons (Fsp3) is 0.417. The molecule has 1 aromatic carbocycles. The van der Waals surface area contributed by atoms with Crippen LogP contribution < -0.4 is 4.74 Å². The van der Waals surface area contributed by atoms with E-state index >= 15 is 0 Å². The minimum absolute atomic E-state index is 0.289. The first kappa shape index (κ1) is 11.6. The molecule has 1 aromatic rings. The molecular formula is C12H16O3. The molecule has 0 amide bonds. The summed E-state index contributed by atoms with van der Waals surface area (Å²) in [5.41, 5.74) is 2.21. The molecule has 0 radical (unpaired) electrons. The Kier molecular flexibility index (Phi) is 3.72. The lowest BCUT2D eigenvalue weighted by Gasteiger charge is -2.13. The second kappa shape index (κ2) is 4.82. The zero-order chi connectivity index (χ0) is 11.4. The molecule has 0 aliphatic carbocycles. The quantitative estimate of drug-likeness (QED) is 0.827. The molecule has 3 heteroatoms. The standard InChI is InChI=1S/C12H16O3/c1-8(2)10-6-9(3)4-5-11(10)15-7-12(13)14/h4-6,8H,7H2,1-3H3,(H,13,14). The summed E-state index contributed by atoms with van der Waals surface area (Å²) in [6.45, 7) is 5.83. The molecule has 0 saturated heterocycles. The Morgan fingerprint density at radius 1 is 1.47 bits per heavy atom. The third-order valence-electron chi connectivity index (χ3n) is 2.14. The van der Waals surface area contributed by atoms with Gasteiger partial charge in [-0.25, -0.2) is 4.79 Å². The number of aliphatic carboxylic acids is 1. The Morgan fingerprint density at radius 3 is 2.67 bits per heavy atom. The van der Waals surface area contributed by atoms with Gasteiger partial charge in [0.1, 0.15) is 5.75 Å². The van der Waals surface area contributed by atoms with E-state index in [1.807, 2.05) is 25.1 Å². The SMILES string of the molecule is Cc1ccc(OCC(=O)O)c(C(C)C)c1. The van der Waals surface area contributed by atoms with Crippen LogP contribution in [0.1, 0.15) is 30.9 Å². The number of rotatable bonds is 4. The van der Waals surface area contributed by atoms with E-state index in [0.717, 1.165) is 11.1 Å². The fourth-order valence-corrected chi connectivity index (χ4v) is 1.39. The van der Waals surface area contributed by atoms with Gasteiger partial charge in [0.2, 0.25) is 0 Å². The number of benzene rings is 1. The molecule has 1 rings (SSSR count). The fourth-order valence-electron chi connectivity index (χ4n) is 1.39. The second-order valence-corrected chi connectivity index (χ2v) is 3.88. The van der Waals surface area contributed by atoms with E-state index in [4.69, 9.17) is 9.84 Å². The van der Waals surface area contributed by atoms with Crippen LogP contribution in [0, 0.1) is 6.92 Å². The highest BCUT2D eigenvalue weighted by Gasteiger charge is 2.09. The minimum Gasteiger partial charge on any atom is -0.482 e. The van der Waals surface area contributed by atoms with Gasteiger partial charge in [-0.05, 0) is 24.5 Å². The molecule has 0 aliphatic rings. The Morgan fingerprint density at radius 2 is 2.13 bits per heavy atom. The van der Waals surface area contributed by atoms with Gasteiger partial charge in [-0.3, -0.25) is 0 Å². The molecule has 0 heterocycles. The number of hydrogen-bond acceptors (Lipinski definition) is 2. The van der Waals surface area contributed by atoms with Crippen LogP contribution in [0.3, 0.4) is 0 Å². The van der Waals surface area contributed by atoms with Gasteiger partial charge in [0.05, 0.1) is 0 Å². The third-order valence-corrected chi connectivity index (χ3v) is 2.14. The molecule has 1 N–H and O–H groups in total. The van der Waals surface area contributed by atoms with Crippen LogP contribution in [0.4, 0.5) is 0 Å². The van der Waals surface area contributed by atoms with Crippen LogP contribution in [0.15, 0.2) is 18.2 Å². The van der Waals surface area contributed by atoms with Crippen molar-refractivity contribution < 1.29 is 14.6 Å². The lowest BCUT2D eigenvalue weighted by atomic mass is 10.00. The summed E-state index contributed by atoms with van der Waals surface area (Å²) in [4.78, 5) is 10.4. The lowest BCUT2D eigenvalue weighted by Crippen LogP contribution is -2.10. The first-order valence-electron chi connectivity index (χ1n) is 4.96. The summed E-state index contributed by atoms with van der Waals surface area (Å²) in [7, 11) is 0. The van der Waals surface area contributed by atoms with E-state index in [-0.39, 0.29) is 6.61 Å². The normalized spacial score (nSPS) is 10.4.